The van der Waals surface area contributed by atoms with Gasteiger partial charge in [-0.2, -0.15) is 5.26 Å². The molecule has 36 heavy (non-hydrogen) atoms. The van der Waals surface area contributed by atoms with Crippen molar-refractivity contribution in [1.82, 2.24) is 14.5 Å². The number of benzene rings is 2. The SMILES string of the molecule is CCN(CC)c1ccc(-n2c(-c3ccc(C#N)c(F)c3)nc3c(N4CCC[C@@H](N)C4)ccnc32)cc1. The summed E-state index contributed by atoms with van der Waals surface area (Å²) in [6.07, 6.45) is 3.82. The lowest BCUT2D eigenvalue weighted by atomic mass is 10.1. The molecule has 4 aromatic rings. The van der Waals surface area contributed by atoms with E-state index in [4.69, 9.17) is 15.7 Å². The van der Waals surface area contributed by atoms with Crippen molar-refractivity contribution in [3.8, 4) is 23.1 Å². The molecule has 0 unspecified atom stereocenters. The highest BCUT2D eigenvalue weighted by molar-refractivity contribution is 5.90. The predicted octanol–water partition coefficient (Wildman–Crippen LogP) is 4.87. The zero-order valence-corrected chi connectivity index (χ0v) is 20.7. The van der Waals surface area contributed by atoms with Gasteiger partial charge in [0.25, 0.3) is 0 Å². The highest BCUT2D eigenvalue weighted by atomic mass is 19.1. The number of hydrogen-bond donors (Lipinski definition) is 1. The normalized spacial score (nSPS) is 15.8. The van der Waals surface area contributed by atoms with Crippen LogP contribution in [0.2, 0.25) is 0 Å². The fraction of sp³-hybridized carbons (Fsp3) is 0.321. The molecule has 1 saturated heterocycles. The first-order chi connectivity index (χ1) is 17.5. The molecule has 0 spiro atoms. The van der Waals surface area contributed by atoms with Gasteiger partial charge in [0.05, 0.1) is 11.3 Å². The third-order valence-electron chi connectivity index (χ3n) is 6.91. The molecule has 2 aromatic heterocycles. The maximum Gasteiger partial charge on any atom is 0.167 e. The van der Waals surface area contributed by atoms with E-state index in [0.29, 0.717) is 17.0 Å². The van der Waals surface area contributed by atoms with Gasteiger partial charge in [-0.3, -0.25) is 4.57 Å². The molecule has 2 aromatic carbocycles. The van der Waals surface area contributed by atoms with E-state index >= 15 is 0 Å². The van der Waals surface area contributed by atoms with E-state index in [1.165, 1.54) is 12.1 Å². The van der Waals surface area contributed by atoms with Gasteiger partial charge in [0.15, 0.2) is 5.65 Å². The number of piperidine rings is 1. The Labute approximate surface area is 210 Å². The minimum absolute atomic E-state index is 0.00565. The van der Waals surface area contributed by atoms with E-state index < -0.39 is 5.82 Å². The number of nitrogens with zero attached hydrogens (tertiary/aromatic N) is 6. The molecule has 1 fully saturated rings. The van der Waals surface area contributed by atoms with E-state index in [9.17, 15) is 9.65 Å². The van der Waals surface area contributed by atoms with Gasteiger partial charge in [-0.1, -0.05) is 0 Å². The van der Waals surface area contributed by atoms with E-state index in [-0.39, 0.29) is 11.6 Å². The number of aromatic nitrogens is 3. The topological polar surface area (TPSA) is 87.0 Å². The van der Waals surface area contributed by atoms with Crippen LogP contribution in [0.25, 0.3) is 28.2 Å². The van der Waals surface area contributed by atoms with E-state index in [0.717, 1.165) is 61.6 Å². The predicted molar refractivity (Wildman–Crippen MR) is 142 cm³/mol. The van der Waals surface area contributed by atoms with Gasteiger partial charge in [-0.05, 0) is 75.2 Å². The molecule has 7 nitrogen and oxygen atoms in total. The third-order valence-corrected chi connectivity index (χ3v) is 6.91. The molecule has 0 radical (unpaired) electrons. The van der Waals surface area contributed by atoms with Gasteiger partial charge >= 0.3 is 0 Å². The Kier molecular flexibility index (Phi) is 6.57. The molecule has 8 heteroatoms. The summed E-state index contributed by atoms with van der Waals surface area (Å²) in [5.41, 5.74) is 11.3. The number of imidazole rings is 1. The van der Waals surface area contributed by atoms with Crippen LogP contribution in [-0.2, 0) is 0 Å². The summed E-state index contributed by atoms with van der Waals surface area (Å²) in [5.74, 6) is 0.00547. The largest absolute Gasteiger partial charge is 0.372 e. The first-order valence-corrected chi connectivity index (χ1v) is 12.5. The van der Waals surface area contributed by atoms with E-state index in [1.807, 2.05) is 28.8 Å². The average molecular weight is 484 g/mol. The van der Waals surface area contributed by atoms with Gasteiger partial charge in [-0.25, -0.2) is 14.4 Å². The van der Waals surface area contributed by atoms with Crippen molar-refractivity contribution in [2.24, 2.45) is 5.73 Å². The van der Waals surface area contributed by atoms with Crippen molar-refractivity contribution in [2.75, 3.05) is 36.0 Å². The van der Waals surface area contributed by atoms with Crippen LogP contribution < -0.4 is 15.5 Å². The Morgan fingerprint density at radius 3 is 2.58 bits per heavy atom. The molecule has 1 aliphatic rings. The summed E-state index contributed by atoms with van der Waals surface area (Å²) in [6, 6.07) is 16.9. The zero-order valence-electron chi connectivity index (χ0n) is 20.7. The van der Waals surface area contributed by atoms with Crippen LogP contribution in [0.3, 0.4) is 0 Å². The Balaban J connectivity index is 1.70. The number of nitriles is 1. The minimum Gasteiger partial charge on any atom is -0.372 e. The summed E-state index contributed by atoms with van der Waals surface area (Å²) in [7, 11) is 0. The van der Waals surface area contributed by atoms with Crippen molar-refractivity contribution in [3.63, 3.8) is 0 Å². The van der Waals surface area contributed by atoms with Crippen LogP contribution in [-0.4, -0.2) is 46.8 Å². The van der Waals surface area contributed by atoms with Crippen LogP contribution in [0.15, 0.2) is 54.7 Å². The second kappa shape index (κ2) is 9.96. The first kappa shape index (κ1) is 23.8. The molecular formula is C28H30FN7. The molecule has 0 bridgehead atoms. The molecule has 5 rings (SSSR count). The Bertz CT molecular complexity index is 1420. The average Bonchev–Trinajstić information content (AvgIpc) is 3.29. The van der Waals surface area contributed by atoms with Gasteiger partial charge in [0, 0.05) is 55.4 Å². The molecule has 0 amide bonds. The first-order valence-electron chi connectivity index (χ1n) is 12.5. The summed E-state index contributed by atoms with van der Waals surface area (Å²) in [5, 5.41) is 9.20. The van der Waals surface area contributed by atoms with E-state index in [2.05, 4.69) is 35.8 Å². The summed E-state index contributed by atoms with van der Waals surface area (Å²) in [4.78, 5) is 14.3. The highest BCUT2D eigenvalue weighted by Gasteiger charge is 2.24. The number of rotatable bonds is 6. The molecule has 184 valence electrons. The zero-order chi connectivity index (χ0) is 25.2. The highest BCUT2D eigenvalue weighted by Crippen LogP contribution is 2.34. The maximum absolute atomic E-state index is 14.7. The van der Waals surface area contributed by atoms with Crippen LogP contribution >= 0.6 is 0 Å². The van der Waals surface area contributed by atoms with Crippen molar-refractivity contribution >= 4 is 22.5 Å². The van der Waals surface area contributed by atoms with E-state index in [1.54, 1.807) is 12.3 Å². The third kappa shape index (κ3) is 4.27. The lowest BCUT2D eigenvalue weighted by Crippen LogP contribution is -2.42. The Morgan fingerprint density at radius 1 is 1.14 bits per heavy atom. The van der Waals surface area contributed by atoms with Crippen LogP contribution in [0, 0.1) is 17.1 Å². The van der Waals surface area contributed by atoms with Crippen molar-refractivity contribution in [2.45, 2.75) is 32.7 Å². The monoisotopic (exact) mass is 483 g/mol. The second-order valence-corrected chi connectivity index (χ2v) is 9.12. The second-order valence-electron chi connectivity index (χ2n) is 9.12. The fourth-order valence-corrected chi connectivity index (χ4v) is 5.03. The van der Waals surface area contributed by atoms with Crippen LogP contribution in [0.4, 0.5) is 15.8 Å². The van der Waals surface area contributed by atoms with Gasteiger partial charge in [-0.15, -0.1) is 0 Å². The standard InChI is InChI=1S/C28H30FN7/c1-3-34(4-2)22-9-11-23(12-10-22)36-27(19-7-8-20(17-30)24(29)16-19)33-26-25(13-14-32-28(26)36)35-15-5-6-21(31)18-35/h7-14,16,21H,3-6,15,18,31H2,1-2H3/t21-/m1/s1. The van der Waals surface area contributed by atoms with Crippen LogP contribution in [0.5, 0.6) is 0 Å². The Morgan fingerprint density at radius 2 is 1.92 bits per heavy atom. The lowest BCUT2D eigenvalue weighted by molar-refractivity contribution is 0.507. The number of nitrogens with two attached hydrogens (primary N) is 1. The minimum atomic E-state index is -0.569. The Hall–Kier alpha value is -3.96. The van der Waals surface area contributed by atoms with Crippen molar-refractivity contribution < 1.29 is 4.39 Å². The number of anilines is 2. The maximum atomic E-state index is 14.7. The number of hydrogen-bond acceptors (Lipinski definition) is 6. The number of pyridine rings is 1. The van der Waals surface area contributed by atoms with Gasteiger partial charge in [0.2, 0.25) is 0 Å². The van der Waals surface area contributed by atoms with Crippen molar-refractivity contribution in [1.29, 1.82) is 5.26 Å². The number of halogens is 1. The van der Waals surface area contributed by atoms with Crippen LogP contribution in [0.1, 0.15) is 32.3 Å². The smallest absolute Gasteiger partial charge is 0.167 e. The summed E-state index contributed by atoms with van der Waals surface area (Å²) in [6.45, 7) is 7.77. The van der Waals surface area contributed by atoms with Crippen molar-refractivity contribution in [3.05, 3.63) is 66.1 Å². The molecule has 3 heterocycles. The number of fused-ring (bicyclic) bond motifs is 1. The molecule has 0 saturated carbocycles. The quantitative estimate of drug-likeness (QED) is 0.421. The summed E-state index contributed by atoms with van der Waals surface area (Å²) < 4.78 is 16.6. The molecule has 2 N–H and O–H groups in total. The molecule has 1 aliphatic heterocycles. The molecule has 1 atom stereocenters. The van der Waals surface area contributed by atoms with Gasteiger partial charge in [0.1, 0.15) is 23.2 Å². The summed E-state index contributed by atoms with van der Waals surface area (Å²) >= 11 is 0. The fourth-order valence-electron chi connectivity index (χ4n) is 5.03. The molecule has 0 aliphatic carbocycles. The van der Waals surface area contributed by atoms with Gasteiger partial charge < -0.3 is 15.5 Å². The lowest BCUT2D eigenvalue weighted by Gasteiger charge is -2.32. The molecular weight excluding hydrogens is 453 g/mol.